The van der Waals surface area contributed by atoms with E-state index in [0.29, 0.717) is 17.7 Å². The summed E-state index contributed by atoms with van der Waals surface area (Å²) in [6.45, 7) is 7.36. The van der Waals surface area contributed by atoms with Crippen LogP contribution in [0.2, 0.25) is 0 Å². The molecule has 0 spiro atoms. The van der Waals surface area contributed by atoms with Gasteiger partial charge in [-0.1, -0.05) is 13.8 Å². The molecule has 2 saturated heterocycles. The minimum Gasteiger partial charge on any atom is -0.355 e. The summed E-state index contributed by atoms with van der Waals surface area (Å²) in [4.78, 5) is 25.9. The standard InChI is InChI=1S/C18H28N4O/c1-3-15-8-4-5-10-22(15)18(23)16-11-20-17(12-19-16)21-9-6-7-14(2)13-21/h11-12,14-15H,3-10,13H2,1-2H3. The molecule has 3 heterocycles. The number of carbonyl (C=O) groups excluding carboxylic acids is 1. The second-order valence-electron chi connectivity index (χ2n) is 7.01. The van der Waals surface area contributed by atoms with Crippen LogP contribution in [0.15, 0.2) is 12.4 Å². The first-order valence-electron chi connectivity index (χ1n) is 9.07. The SMILES string of the molecule is CCC1CCCCN1C(=O)c1cnc(N2CCCC(C)C2)cn1. The zero-order chi connectivity index (χ0) is 16.2. The Labute approximate surface area is 139 Å². The molecule has 2 atom stereocenters. The average molecular weight is 316 g/mol. The Hall–Kier alpha value is -1.65. The Bertz CT molecular complexity index is 530. The molecule has 1 amide bonds. The van der Waals surface area contributed by atoms with E-state index in [9.17, 15) is 4.79 Å². The summed E-state index contributed by atoms with van der Waals surface area (Å²) >= 11 is 0. The van der Waals surface area contributed by atoms with Gasteiger partial charge in [-0.25, -0.2) is 9.97 Å². The van der Waals surface area contributed by atoms with Gasteiger partial charge in [0.15, 0.2) is 0 Å². The number of aromatic nitrogens is 2. The smallest absolute Gasteiger partial charge is 0.274 e. The molecule has 0 bridgehead atoms. The first-order chi connectivity index (χ1) is 11.2. The van der Waals surface area contributed by atoms with Crippen LogP contribution in [0, 0.1) is 5.92 Å². The highest BCUT2D eigenvalue weighted by atomic mass is 16.2. The van der Waals surface area contributed by atoms with E-state index >= 15 is 0 Å². The van der Waals surface area contributed by atoms with Gasteiger partial charge in [0.25, 0.3) is 5.91 Å². The minimum atomic E-state index is 0.0441. The van der Waals surface area contributed by atoms with E-state index in [1.807, 2.05) is 4.90 Å². The predicted molar refractivity (Wildman–Crippen MR) is 91.6 cm³/mol. The van der Waals surface area contributed by atoms with Crippen molar-refractivity contribution in [3.8, 4) is 0 Å². The lowest BCUT2D eigenvalue weighted by atomic mass is 9.99. The van der Waals surface area contributed by atoms with Crippen molar-refractivity contribution in [1.82, 2.24) is 14.9 Å². The number of hydrogen-bond donors (Lipinski definition) is 0. The fourth-order valence-corrected chi connectivity index (χ4v) is 3.83. The summed E-state index contributed by atoms with van der Waals surface area (Å²) in [5.74, 6) is 1.65. The van der Waals surface area contributed by atoms with E-state index in [1.54, 1.807) is 12.4 Å². The lowest BCUT2D eigenvalue weighted by Gasteiger charge is -2.35. The molecule has 126 valence electrons. The van der Waals surface area contributed by atoms with E-state index < -0.39 is 0 Å². The number of nitrogens with zero attached hydrogens (tertiary/aromatic N) is 4. The number of hydrogen-bond acceptors (Lipinski definition) is 4. The third-order valence-corrected chi connectivity index (χ3v) is 5.20. The van der Waals surface area contributed by atoms with Crippen molar-refractivity contribution in [2.45, 2.75) is 58.4 Å². The van der Waals surface area contributed by atoms with Gasteiger partial charge in [-0.3, -0.25) is 4.79 Å². The van der Waals surface area contributed by atoms with Gasteiger partial charge in [-0.15, -0.1) is 0 Å². The number of amides is 1. The van der Waals surface area contributed by atoms with E-state index in [2.05, 4.69) is 28.7 Å². The van der Waals surface area contributed by atoms with Crippen LogP contribution in [0.25, 0.3) is 0 Å². The fraction of sp³-hybridized carbons (Fsp3) is 0.722. The predicted octanol–water partition coefficient (Wildman–Crippen LogP) is 3.12. The molecular formula is C18H28N4O. The summed E-state index contributed by atoms with van der Waals surface area (Å²) in [5, 5.41) is 0. The first-order valence-corrected chi connectivity index (χ1v) is 9.07. The summed E-state index contributed by atoms with van der Waals surface area (Å²) in [6, 6.07) is 0.362. The lowest BCUT2D eigenvalue weighted by molar-refractivity contribution is 0.0601. The molecule has 0 radical (unpaired) electrons. The fourth-order valence-electron chi connectivity index (χ4n) is 3.83. The molecule has 0 aliphatic carbocycles. The van der Waals surface area contributed by atoms with Gasteiger partial charge in [0.1, 0.15) is 11.5 Å². The van der Waals surface area contributed by atoms with Gasteiger partial charge in [-0.05, 0) is 44.4 Å². The topological polar surface area (TPSA) is 49.3 Å². The highest BCUT2D eigenvalue weighted by Crippen LogP contribution is 2.23. The van der Waals surface area contributed by atoms with Crippen molar-refractivity contribution < 1.29 is 4.79 Å². The number of piperidine rings is 2. The molecule has 23 heavy (non-hydrogen) atoms. The van der Waals surface area contributed by atoms with Crippen molar-refractivity contribution in [2.75, 3.05) is 24.5 Å². The van der Waals surface area contributed by atoms with E-state index in [-0.39, 0.29) is 5.91 Å². The van der Waals surface area contributed by atoms with Gasteiger partial charge < -0.3 is 9.80 Å². The summed E-state index contributed by atoms with van der Waals surface area (Å²) in [7, 11) is 0. The second kappa shape index (κ2) is 7.28. The molecule has 3 rings (SSSR count). The van der Waals surface area contributed by atoms with Gasteiger partial charge in [-0.2, -0.15) is 0 Å². The van der Waals surface area contributed by atoms with Crippen LogP contribution in [-0.2, 0) is 0 Å². The van der Waals surface area contributed by atoms with Gasteiger partial charge in [0.05, 0.1) is 12.4 Å². The molecule has 1 aromatic heterocycles. The zero-order valence-electron chi connectivity index (χ0n) is 14.4. The highest BCUT2D eigenvalue weighted by molar-refractivity contribution is 5.92. The van der Waals surface area contributed by atoms with Crippen molar-refractivity contribution in [2.24, 2.45) is 5.92 Å². The van der Waals surface area contributed by atoms with Crippen LogP contribution < -0.4 is 4.90 Å². The van der Waals surface area contributed by atoms with E-state index in [4.69, 9.17) is 0 Å². The van der Waals surface area contributed by atoms with E-state index in [0.717, 1.165) is 44.7 Å². The Morgan fingerprint density at radius 1 is 1.17 bits per heavy atom. The van der Waals surface area contributed by atoms with Crippen LogP contribution in [0.4, 0.5) is 5.82 Å². The Kier molecular flexibility index (Phi) is 5.13. The third-order valence-electron chi connectivity index (χ3n) is 5.20. The summed E-state index contributed by atoms with van der Waals surface area (Å²) < 4.78 is 0. The van der Waals surface area contributed by atoms with Crippen molar-refractivity contribution in [3.63, 3.8) is 0 Å². The molecule has 5 heteroatoms. The highest BCUT2D eigenvalue weighted by Gasteiger charge is 2.27. The molecule has 5 nitrogen and oxygen atoms in total. The largest absolute Gasteiger partial charge is 0.355 e. The van der Waals surface area contributed by atoms with Crippen LogP contribution in [0.1, 0.15) is 62.9 Å². The van der Waals surface area contributed by atoms with Crippen LogP contribution >= 0.6 is 0 Å². The maximum Gasteiger partial charge on any atom is 0.274 e. The Morgan fingerprint density at radius 3 is 2.74 bits per heavy atom. The van der Waals surface area contributed by atoms with Crippen LogP contribution in [-0.4, -0.2) is 46.5 Å². The first kappa shape index (κ1) is 16.2. The molecule has 0 N–H and O–H groups in total. The quantitative estimate of drug-likeness (QED) is 0.859. The number of anilines is 1. The van der Waals surface area contributed by atoms with Crippen LogP contribution in [0.5, 0.6) is 0 Å². The maximum absolute atomic E-state index is 12.7. The molecule has 0 aromatic carbocycles. The lowest BCUT2D eigenvalue weighted by Crippen LogP contribution is -2.43. The normalized spacial score (nSPS) is 25.5. The maximum atomic E-state index is 12.7. The van der Waals surface area contributed by atoms with Gasteiger partial charge in [0, 0.05) is 25.7 Å². The van der Waals surface area contributed by atoms with Crippen LogP contribution in [0.3, 0.4) is 0 Å². The molecule has 2 aliphatic heterocycles. The van der Waals surface area contributed by atoms with Crippen molar-refractivity contribution >= 4 is 11.7 Å². The van der Waals surface area contributed by atoms with Crippen molar-refractivity contribution in [1.29, 1.82) is 0 Å². The Balaban J connectivity index is 1.70. The number of carbonyl (C=O) groups is 1. The molecule has 0 saturated carbocycles. The number of likely N-dealkylation sites (tertiary alicyclic amines) is 1. The molecular weight excluding hydrogens is 288 g/mol. The monoisotopic (exact) mass is 316 g/mol. The molecule has 2 unspecified atom stereocenters. The van der Waals surface area contributed by atoms with Gasteiger partial charge in [0.2, 0.25) is 0 Å². The minimum absolute atomic E-state index is 0.0441. The zero-order valence-corrected chi connectivity index (χ0v) is 14.4. The average Bonchev–Trinajstić information content (AvgIpc) is 2.61. The molecule has 2 aliphatic rings. The Morgan fingerprint density at radius 2 is 2.04 bits per heavy atom. The van der Waals surface area contributed by atoms with Crippen molar-refractivity contribution in [3.05, 3.63) is 18.1 Å². The summed E-state index contributed by atoms with van der Waals surface area (Å²) in [5.41, 5.74) is 0.485. The van der Waals surface area contributed by atoms with E-state index in [1.165, 1.54) is 19.3 Å². The second-order valence-corrected chi connectivity index (χ2v) is 7.01. The third kappa shape index (κ3) is 3.65. The summed E-state index contributed by atoms with van der Waals surface area (Å²) in [6.07, 6.45) is 10.4. The molecule has 1 aromatic rings. The number of rotatable bonds is 3. The molecule has 2 fully saturated rings. The van der Waals surface area contributed by atoms with Gasteiger partial charge >= 0.3 is 0 Å².